The normalized spacial score (nSPS) is 10.7. The van der Waals surface area contributed by atoms with Gasteiger partial charge >= 0.3 is 5.97 Å². The van der Waals surface area contributed by atoms with Gasteiger partial charge in [0, 0.05) is 5.56 Å². The van der Waals surface area contributed by atoms with E-state index in [1.54, 1.807) is 42.5 Å². The number of methoxy groups -OCH3 is 1. The van der Waals surface area contributed by atoms with Gasteiger partial charge in [-0.05, 0) is 72.6 Å². The van der Waals surface area contributed by atoms with Gasteiger partial charge in [-0.3, -0.25) is 4.79 Å². The second-order valence-electron chi connectivity index (χ2n) is 7.35. The molecule has 0 aliphatic heterocycles. The van der Waals surface area contributed by atoms with Crippen LogP contribution in [-0.4, -0.2) is 31.8 Å². The second kappa shape index (κ2) is 12.8. The molecule has 7 nitrogen and oxygen atoms in total. The highest BCUT2D eigenvalue weighted by Crippen LogP contribution is 2.29. The first-order valence-corrected chi connectivity index (χ1v) is 11.6. The second-order valence-corrected chi connectivity index (χ2v) is 8.17. The maximum Gasteiger partial charge on any atom is 0.343 e. The molecule has 0 aromatic heterocycles. The van der Waals surface area contributed by atoms with Crippen molar-refractivity contribution in [1.29, 1.82) is 0 Å². The van der Waals surface area contributed by atoms with E-state index in [1.807, 2.05) is 0 Å². The van der Waals surface area contributed by atoms with Crippen LogP contribution in [0.25, 0.3) is 0 Å². The van der Waals surface area contributed by atoms with Gasteiger partial charge in [-0.15, -0.1) is 0 Å². The predicted octanol–water partition coefficient (Wildman–Crippen LogP) is 6.16. The van der Waals surface area contributed by atoms with Crippen LogP contribution < -0.4 is 19.6 Å². The molecule has 1 amide bonds. The third kappa shape index (κ3) is 7.47. The molecule has 3 aromatic rings. The quantitative estimate of drug-likeness (QED) is 0.115. The lowest BCUT2D eigenvalue weighted by atomic mass is 10.2. The molecule has 3 aromatic carbocycles. The van der Waals surface area contributed by atoms with Crippen LogP contribution in [0.5, 0.6) is 17.2 Å². The maximum absolute atomic E-state index is 12.4. The number of unbranched alkanes of at least 4 members (excludes halogenated alkanes) is 1. The van der Waals surface area contributed by atoms with Crippen molar-refractivity contribution in [2.24, 2.45) is 5.10 Å². The van der Waals surface area contributed by atoms with Crippen LogP contribution in [0.4, 0.5) is 0 Å². The van der Waals surface area contributed by atoms with E-state index in [0.29, 0.717) is 34.3 Å². The number of carbonyl (C=O) groups excluding carboxylic acids is 2. The minimum absolute atomic E-state index is 0.214. The van der Waals surface area contributed by atoms with Gasteiger partial charge in [0.25, 0.3) is 5.91 Å². The Morgan fingerprint density at radius 3 is 2.37 bits per heavy atom. The zero-order valence-electron chi connectivity index (χ0n) is 19.2. The van der Waals surface area contributed by atoms with E-state index in [4.69, 9.17) is 37.4 Å². The van der Waals surface area contributed by atoms with Crippen LogP contribution in [0.2, 0.25) is 10.0 Å². The molecule has 0 fully saturated rings. The molecule has 3 rings (SSSR count). The number of halogens is 2. The first-order valence-electron chi connectivity index (χ1n) is 10.8. The highest BCUT2D eigenvalue weighted by Gasteiger charge is 2.14. The fourth-order valence-corrected chi connectivity index (χ4v) is 3.20. The van der Waals surface area contributed by atoms with E-state index in [1.165, 1.54) is 31.5 Å². The molecule has 1 N–H and O–H groups in total. The molecule has 9 heteroatoms. The lowest BCUT2D eigenvalue weighted by Crippen LogP contribution is -2.17. The first kappa shape index (κ1) is 26.1. The van der Waals surface area contributed by atoms with Crippen molar-refractivity contribution in [2.45, 2.75) is 19.8 Å². The third-order valence-corrected chi connectivity index (χ3v) is 5.55. The average Bonchev–Trinajstić information content (AvgIpc) is 2.87. The molecule has 0 bridgehead atoms. The molecule has 0 heterocycles. The van der Waals surface area contributed by atoms with Crippen molar-refractivity contribution < 1.29 is 23.8 Å². The van der Waals surface area contributed by atoms with Gasteiger partial charge in [0.2, 0.25) is 0 Å². The summed E-state index contributed by atoms with van der Waals surface area (Å²) < 4.78 is 16.3. The summed E-state index contributed by atoms with van der Waals surface area (Å²) in [6.07, 6.45) is 3.48. The highest BCUT2D eigenvalue weighted by molar-refractivity contribution is 6.42. The summed E-state index contributed by atoms with van der Waals surface area (Å²) in [5.74, 6) is 0.265. The number of benzene rings is 3. The molecule has 0 aliphatic rings. The number of nitrogens with one attached hydrogen (secondary N) is 1. The predicted molar refractivity (Wildman–Crippen MR) is 136 cm³/mol. The Hall–Kier alpha value is -3.55. The fraction of sp³-hybridized carbons (Fsp3) is 0.192. The summed E-state index contributed by atoms with van der Waals surface area (Å²) in [6.45, 7) is 2.74. The minimum Gasteiger partial charge on any atom is -0.494 e. The van der Waals surface area contributed by atoms with Gasteiger partial charge in [0.1, 0.15) is 5.75 Å². The number of hydrazone groups is 1. The zero-order chi connectivity index (χ0) is 25.2. The molecule has 182 valence electrons. The van der Waals surface area contributed by atoms with Gasteiger partial charge in [-0.1, -0.05) is 36.5 Å². The molecule has 35 heavy (non-hydrogen) atoms. The van der Waals surface area contributed by atoms with Crippen LogP contribution in [0.15, 0.2) is 65.8 Å². The summed E-state index contributed by atoms with van der Waals surface area (Å²) in [7, 11) is 1.45. The number of ether oxygens (including phenoxy) is 3. The Morgan fingerprint density at radius 2 is 1.69 bits per heavy atom. The Balaban J connectivity index is 1.60. The number of nitrogens with zero attached hydrogens (tertiary/aromatic N) is 1. The summed E-state index contributed by atoms with van der Waals surface area (Å²) in [5, 5.41) is 4.57. The Morgan fingerprint density at radius 1 is 0.943 bits per heavy atom. The zero-order valence-corrected chi connectivity index (χ0v) is 20.7. The van der Waals surface area contributed by atoms with Gasteiger partial charge < -0.3 is 14.2 Å². The van der Waals surface area contributed by atoms with Crippen LogP contribution in [0, 0.1) is 0 Å². The van der Waals surface area contributed by atoms with E-state index >= 15 is 0 Å². The lowest BCUT2D eigenvalue weighted by Gasteiger charge is -2.10. The summed E-state index contributed by atoms with van der Waals surface area (Å²) in [5.41, 5.74) is 3.79. The van der Waals surface area contributed by atoms with Crippen LogP contribution in [0.1, 0.15) is 46.0 Å². The van der Waals surface area contributed by atoms with Crippen molar-refractivity contribution >= 4 is 41.3 Å². The first-order chi connectivity index (χ1) is 16.9. The topological polar surface area (TPSA) is 86.2 Å². The van der Waals surface area contributed by atoms with Crippen molar-refractivity contribution in [1.82, 2.24) is 5.43 Å². The van der Waals surface area contributed by atoms with E-state index in [2.05, 4.69) is 17.5 Å². The molecule has 0 saturated carbocycles. The SMILES string of the molecule is CCCCOc1ccc(C(=O)N/N=C/c2ccc(OC(=O)c3ccc(Cl)c(Cl)c3)c(OC)c2)cc1. The number of esters is 1. The van der Waals surface area contributed by atoms with Crippen molar-refractivity contribution in [2.75, 3.05) is 13.7 Å². The van der Waals surface area contributed by atoms with Crippen molar-refractivity contribution in [3.8, 4) is 17.2 Å². The van der Waals surface area contributed by atoms with Gasteiger partial charge in [-0.2, -0.15) is 5.10 Å². The molecule has 0 saturated heterocycles. The van der Waals surface area contributed by atoms with E-state index in [9.17, 15) is 9.59 Å². The van der Waals surface area contributed by atoms with Crippen LogP contribution in [0.3, 0.4) is 0 Å². The average molecular weight is 515 g/mol. The molecule has 0 aliphatic carbocycles. The standard InChI is InChI=1S/C26H24Cl2N2O5/c1-3-4-13-34-20-9-6-18(7-10-20)25(31)30-29-16-17-5-12-23(24(14-17)33-2)35-26(32)19-8-11-21(27)22(28)15-19/h5-12,14-16H,3-4,13H2,1-2H3,(H,30,31)/b29-16+. The molecule has 0 radical (unpaired) electrons. The van der Waals surface area contributed by atoms with Gasteiger partial charge in [0.05, 0.1) is 35.5 Å². The number of amides is 1. The van der Waals surface area contributed by atoms with E-state index in [0.717, 1.165) is 12.8 Å². The number of hydrogen-bond donors (Lipinski definition) is 1. The minimum atomic E-state index is -0.614. The van der Waals surface area contributed by atoms with Crippen LogP contribution >= 0.6 is 23.2 Å². The Bertz CT molecular complexity index is 1210. The van der Waals surface area contributed by atoms with E-state index < -0.39 is 5.97 Å². The highest BCUT2D eigenvalue weighted by atomic mass is 35.5. The summed E-state index contributed by atoms with van der Waals surface area (Å²) >= 11 is 11.9. The van der Waals surface area contributed by atoms with Gasteiger partial charge in [0.15, 0.2) is 11.5 Å². The smallest absolute Gasteiger partial charge is 0.343 e. The number of rotatable bonds is 10. The monoisotopic (exact) mass is 514 g/mol. The molecule has 0 spiro atoms. The lowest BCUT2D eigenvalue weighted by molar-refractivity contribution is 0.0729. The number of hydrogen-bond acceptors (Lipinski definition) is 6. The van der Waals surface area contributed by atoms with E-state index in [-0.39, 0.29) is 22.2 Å². The molecule has 0 unspecified atom stereocenters. The maximum atomic E-state index is 12.4. The number of carbonyl (C=O) groups is 2. The molecule has 0 atom stereocenters. The molecular formula is C26H24Cl2N2O5. The fourth-order valence-electron chi connectivity index (χ4n) is 2.90. The van der Waals surface area contributed by atoms with Crippen LogP contribution in [-0.2, 0) is 0 Å². The summed E-state index contributed by atoms with van der Waals surface area (Å²) in [6, 6.07) is 16.1. The summed E-state index contributed by atoms with van der Waals surface area (Å²) in [4.78, 5) is 24.8. The third-order valence-electron chi connectivity index (χ3n) is 4.81. The molecular weight excluding hydrogens is 491 g/mol. The Labute approximate surface area is 213 Å². The van der Waals surface area contributed by atoms with Crippen molar-refractivity contribution in [3.63, 3.8) is 0 Å². The van der Waals surface area contributed by atoms with Gasteiger partial charge in [-0.25, -0.2) is 10.2 Å². The van der Waals surface area contributed by atoms with Crippen molar-refractivity contribution in [3.05, 3.63) is 87.4 Å². The Kier molecular flexibility index (Phi) is 9.52. The largest absolute Gasteiger partial charge is 0.494 e.